The molecule has 1 amide bonds. The van der Waals surface area contributed by atoms with Gasteiger partial charge in [0.1, 0.15) is 27.8 Å². The first-order chi connectivity index (χ1) is 15.8. The van der Waals surface area contributed by atoms with Crippen LogP contribution in [-0.4, -0.2) is 26.0 Å². The Bertz CT molecular complexity index is 1270. The lowest BCUT2D eigenvalue weighted by atomic mass is 9.87. The lowest BCUT2D eigenvalue weighted by Crippen LogP contribution is -2.31. The molecule has 3 heterocycles. The molecule has 1 atom stereocenters. The number of phenols is 1. The second-order valence-electron chi connectivity index (χ2n) is 8.42. The lowest BCUT2D eigenvalue weighted by Gasteiger charge is -2.36. The first-order valence-corrected chi connectivity index (χ1v) is 10.6. The number of nitro groups is 1. The molecule has 1 unspecified atom stereocenters. The van der Waals surface area contributed by atoms with Crippen LogP contribution >= 0.6 is 0 Å². The summed E-state index contributed by atoms with van der Waals surface area (Å²) < 4.78 is 10.5. The third-order valence-corrected chi connectivity index (χ3v) is 6.05. The fourth-order valence-electron chi connectivity index (χ4n) is 4.37. The summed E-state index contributed by atoms with van der Waals surface area (Å²) in [5.74, 6) is 0.695. The van der Waals surface area contributed by atoms with Crippen molar-refractivity contribution < 1.29 is 23.8 Å². The van der Waals surface area contributed by atoms with E-state index in [1.54, 1.807) is 44.3 Å². The number of nitrogens with zero attached hydrogens (tertiary/aromatic N) is 3. The van der Waals surface area contributed by atoms with Crippen LogP contribution in [0.3, 0.4) is 0 Å². The highest BCUT2D eigenvalue weighted by atomic mass is 16.6. The van der Waals surface area contributed by atoms with Crippen LogP contribution in [0.4, 0.5) is 11.6 Å². The number of aromatic nitrogens is 1. The van der Waals surface area contributed by atoms with E-state index in [-0.39, 0.29) is 30.1 Å². The lowest BCUT2D eigenvalue weighted by molar-refractivity contribution is -0.402. The number of nitrogens with one attached hydrogen (secondary N) is 1. The van der Waals surface area contributed by atoms with E-state index in [1.807, 2.05) is 4.90 Å². The van der Waals surface area contributed by atoms with E-state index in [2.05, 4.69) is 10.5 Å². The highest BCUT2D eigenvalue weighted by Crippen LogP contribution is 2.50. The molecule has 2 N–H and O–H groups in total. The summed E-state index contributed by atoms with van der Waals surface area (Å²) in [5, 5.41) is 28.0. The molecule has 1 aromatic carbocycles. The normalized spacial score (nSPS) is 17.5. The zero-order valence-corrected chi connectivity index (χ0v) is 18.1. The second-order valence-corrected chi connectivity index (χ2v) is 8.42. The predicted molar refractivity (Wildman–Crippen MR) is 117 cm³/mol. The third-order valence-electron chi connectivity index (χ3n) is 6.05. The predicted octanol–water partition coefficient (Wildman–Crippen LogP) is 4.44. The van der Waals surface area contributed by atoms with Crippen LogP contribution in [0.1, 0.15) is 47.2 Å². The van der Waals surface area contributed by atoms with E-state index in [9.17, 15) is 20.0 Å². The molecule has 33 heavy (non-hydrogen) atoms. The number of carbonyl (C=O) groups is 1. The van der Waals surface area contributed by atoms with Crippen LogP contribution in [0.25, 0.3) is 5.57 Å². The first-order valence-electron chi connectivity index (χ1n) is 10.6. The number of aryl methyl sites for hydroxylation is 2. The Morgan fingerprint density at radius 3 is 2.73 bits per heavy atom. The van der Waals surface area contributed by atoms with Crippen LogP contribution in [0, 0.1) is 29.9 Å². The summed E-state index contributed by atoms with van der Waals surface area (Å²) in [6, 6.07) is 7.79. The van der Waals surface area contributed by atoms with E-state index < -0.39 is 4.92 Å². The molecule has 1 aliphatic heterocycles. The summed E-state index contributed by atoms with van der Waals surface area (Å²) in [6.07, 6.45) is 3.80. The zero-order valence-electron chi connectivity index (χ0n) is 18.1. The molecule has 1 fully saturated rings. The number of furan rings is 1. The van der Waals surface area contributed by atoms with Crippen molar-refractivity contribution in [2.45, 2.75) is 39.3 Å². The van der Waals surface area contributed by atoms with Gasteiger partial charge in [-0.2, -0.15) is 0 Å². The van der Waals surface area contributed by atoms with Gasteiger partial charge in [0, 0.05) is 6.20 Å². The molecular weight excluding hydrogens is 428 g/mol. The highest BCUT2D eigenvalue weighted by Gasteiger charge is 2.41. The molecule has 2 aliphatic rings. The summed E-state index contributed by atoms with van der Waals surface area (Å²) >= 11 is 0. The Morgan fingerprint density at radius 1 is 1.30 bits per heavy atom. The largest absolute Gasteiger partial charge is 0.508 e. The quantitative estimate of drug-likeness (QED) is 0.415. The summed E-state index contributed by atoms with van der Waals surface area (Å²) in [4.78, 5) is 25.8. The Balaban J connectivity index is 1.55. The number of benzene rings is 1. The first kappa shape index (κ1) is 20.8. The van der Waals surface area contributed by atoms with Crippen LogP contribution in [-0.2, 0) is 11.3 Å². The van der Waals surface area contributed by atoms with Gasteiger partial charge in [0.15, 0.2) is 5.76 Å². The molecule has 1 saturated carbocycles. The van der Waals surface area contributed by atoms with Gasteiger partial charge in [0.25, 0.3) is 5.91 Å². The Labute approximate surface area is 188 Å². The number of aromatic hydroxyl groups is 1. The zero-order chi connectivity index (χ0) is 23.3. The number of rotatable bonds is 6. The number of hydrogen-bond donors (Lipinski definition) is 2. The standard InChI is InChI=1S/C23H22N4O6/c1-12-21(13(2)33-25-12)24-23(29)19-11-26(10-16-6-8-20(32-16)27(30)31)22(14-3-4-14)18-9-15(28)5-7-17(18)19/h5-9,11,14,22,28H,3-4,10H2,1-2H3,(H,24,29). The highest BCUT2D eigenvalue weighted by molar-refractivity contribution is 6.26. The van der Waals surface area contributed by atoms with Crippen molar-refractivity contribution in [1.82, 2.24) is 10.1 Å². The smallest absolute Gasteiger partial charge is 0.433 e. The van der Waals surface area contributed by atoms with E-state index in [0.717, 1.165) is 24.0 Å². The van der Waals surface area contributed by atoms with Gasteiger partial charge in [-0.15, -0.1) is 0 Å². The van der Waals surface area contributed by atoms with E-state index in [4.69, 9.17) is 8.94 Å². The molecule has 10 nitrogen and oxygen atoms in total. The fourth-order valence-corrected chi connectivity index (χ4v) is 4.37. The molecule has 1 aliphatic carbocycles. The van der Waals surface area contributed by atoms with Crippen molar-refractivity contribution in [2.75, 3.05) is 5.32 Å². The van der Waals surface area contributed by atoms with Crippen molar-refractivity contribution in [3.05, 3.63) is 75.0 Å². The minimum atomic E-state index is -0.580. The Hall–Kier alpha value is -4.08. The summed E-state index contributed by atoms with van der Waals surface area (Å²) in [7, 11) is 0. The molecule has 0 bridgehead atoms. The molecule has 10 heteroatoms. The Kier molecular flexibility index (Phi) is 4.92. The Morgan fingerprint density at radius 2 is 2.09 bits per heavy atom. The average molecular weight is 450 g/mol. The van der Waals surface area contributed by atoms with Gasteiger partial charge < -0.3 is 24.3 Å². The number of carbonyl (C=O) groups excluding carboxylic acids is 1. The van der Waals surface area contributed by atoms with Gasteiger partial charge in [-0.05, 0) is 61.9 Å². The van der Waals surface area contributed by atoms with Gasteiger partial charge in [0.2, 0.25) is 0 Å². The van der Waals surface area contributed by atoms with Crippen molar-refractivity contribution >= 4 is 23.1 Å². The van der Waals surface area contributed by atoms with Crippen LogP contribution in [0.15, 0.2) is 45.5 Å². The maximum absolute atomic E-state index is 13.4. The second kappa shape index (κ2) is 7.80. The molecular formula is C23H22N4O6. The van der Waals surface area contributed by atoms with E-state index in [0.29, 0.717) is 34.4 Å². The maximum atomic E-state index is 13.4. The van der Waals surface area contributed by atoms with Crippen LogP contribution in [0.5, 0.6) is 5.75 Å². The molecule has 0 saturated heterocycles. The van der Waals surface area contributed by atoms with Gasteiger partial charge in [-0.3, -0.25) is 14.9 Å². The van der Waals surface area contributed by atoms with Crippen molar-refractivity contribution in [3.8, 4) is 5.75 Å². The molecule has 170 valence electrons. The third kappa shape index (κ3) is 3.84. The number of phenolic OH excluding ortho intramolecular Hbond substituents is 1. The average Bonchev–Trinajstić information content (AvgIpc) is 3.42. The van der Waals surface area contributed by atoms with Gasteiger partial charge in [-0.1, -0.05) is 11.2 Å². The molecule has 2 aromatic heterocycles. The number of fused-ring (bicyclic) bond motifs is 1. The monoisotopic (exact) mass is 450 g/mol. The summed E-state index contributed by atoms with van der Waals surface area (Å²) in [5.41, 5.74) is 3.06. The van der Waals surface area contributed by atoms with Crippen molar-refractivity contribution in [1.29, 1.82) is 0 Å². The maximum Gasteiger partial charge on any atom is 0.433 e. The van der Waals surface area contributed by atoms with Crippen molar-refractivity contribution in [2.24, 2.45) is 5.92 Å². The van der Waals surface area contributed by atoms with Crippen LogP contribution in [0.2, 0.25) is 0 Å². The molecule has 0 spiro atoms. The van der Waals surface area contributed by atoms with Crippen molar-refractivity contribution in [3.63, 3.8) is 0 Å². The van der Waals surface area contributed by atoms with E-state index in [1.165, 1.54) is 6.07 Å². The van der Waals surface area contributed by atoms with Gasteiger partial charge >= 0.3 is 5.88 Å². The number of amides is 1. The molecule has 5 rings (SSSR count). The van der Waals surface area contributed by atoms with Gasteiger partial charge in [-0.25, -0.2) is 0 Å². The van der Waals surface area contributed by atoms with Gasteiger partial charge in [0.05, 0.1) is 24.2 Å². The molecule has 0 radical (unpaired) electrons. The van der Waals surface area contributed by atoms with Crippen LogP contribution < -0.4 is 5.32 Å². The van der Waals surface area contributed by atoms with E-state index >= 15 is 0 Å². The number of hydrogen-bond acceptors (Lipinski definition) is 8. The minimum Gasteiger partial charge on any atom is -0.508 e. The summed E-state index contributed by atoms with van der Waals surface area (Å²) in [6.45, 7) is 3.70. The minimum absolute atomic E-state index is 0.0909. The molecule has 3 aromatic rings. The SMILES string of the molecule is Cc1noc(C)c1NC(=O)C1=CN(Cc2ccc([N+](=O)[O-])o2)C(C2CC2)c2cc(O)ccc21. The topological polar surface area (TPSA) is 135 Å². The number of anilines is 1. The fraction of sp³-hybridized carbons (Fsp3) is 0.304.